The SMILES string of the molecule is [Hf].[O]=[AlH].[Zr]. The molecule has 4 heteroatoms. The predicted molar refractivity (Wildman–Crippen MR) is 7.84 cm³/mol. The van der Waals surface area contributed by atoms with E-state index < -0.39 is 0 Å². The molecule has 0 amide bonds. The minimum Gasteiger partial charge on any atom is 0 e. The summed E-state index contributed by atoms with van der Waals surface area (Å²) in [6.45, 7) is 0. The molecule has 0 aliphatic rings. The van der Waals surface area contributed by atoms with E-state index in [1.807, 2.05) is 0 Å². The molecule has 0 aliphatic heterocycles. The van der Waals surface area contributed by atoms with Gasteiger partial charge in [0.1, 0.15) is 0 Å². The van der Waals surface area contributed by atoms with Crippen LogP contribution in [0.5, 0.6) is 0 Å². The fraction of sp³-hybridized carbons (Fsp3) is 0. The zero-order valence-electron chi connectivity index (χ0n) is 2.12. The van der Waals surface area contributed by atoms with Gasteiger partial charge >= 0.3 is 20.0 Å². The Morgan fingerprint density at radius 2 is 1.25 bits per heavy atom. The zero-order valence-corrected chi connectivity index (χ0v) is 9.58. The van der Waals surface area contributed by atoms with Crippen LogP contribution in [0.3, 0.4) is 0 Å². The van der Waals surface area contributed by atoms with Crippen molar-refractivity contribution in [2.75, 3.05) is 0 Å². The molecule has 18 valence electrons. The molecular formula is HAlHfOZr. The van der Waals surface area contributed by atoms with Gasteiger partial charge in [-0.1, -0.05) is 0 Å². The van der Waals surface area contributed by atoms with Crippen molar-refractivity contribution >= 4 is 16.2 Å². The Hall–Kier alpha value is 2.09. The summed E-state index contributed by atoms with van der Waals surface area (Å²) in [6.07, 6.45) is 0. The van der Waals surface area contributed by atoms with E-state index in [-0.39, 0.29) is 52.0 Å². The Bertz CT molecular complexity index is 8.00. The molecule has 0 saturated carbocycles. The monoisotopic (exact) mass is 314 g/mol. The van der Waals surface area contributed by atoms with Crippen LogP contribution in [-0.4, -0.2) is 16.2 Å². The van der Waals surface area contributed by atoms with Gasteiger partial charge in [-0.3, -0.25) is 0 Å². The maximum Gasteiger partial charge on any atom is 0 e. The van der Waals surface area contributed by atoms with E-state index in [2.05, 4.69) is 0 Å². The summed E-state index contributed by atoms with van der Waals surface area (Å²) in [7, 11) is 0. The van der Waals surface area contributed by atoms with Gasteiger partial charge in [-0.2, -0.15) is 0 Å². The van der Waals surface area contributed by atoms with Crippen LogP contribution >= 0.6 is 0 Å². The van der Waals surface area contributed by atoms with E-state index in [1.165, 1.54) is 0 Å². The molecule has 0 bridgehead atoms. The molecule has 1 nitrogen and oxygen atoms in total. The van der Waals surface area contributed by atoms with Gasteiger partial charge in [-0.05, 0) is 0 Å². The van der Waals surface area contributed by atoms with Crippen LogP contribution in [0, 0.1) is 0 Å². The first-order chi connectivity index (χ1) is 1.00. The molecule has 0 radical (unpaired) electrons. The van der Waals surface area contributed by atoms with Gasteiger partial charge < -0.3 is 0 Å². The Balaban J connectivity index is -0.00000000500. The molecule has 4 heavy (non-hydrogen) atoms. The summed E-state index contributed by atoms with van der Waals surface area (Å²) >= 11 is 0.611. The molecule has 0 spiro atoms. The van der Waals surface area contributed by atoms with Gasteiger partial charge in [0.2, 0.25) is 0 Å². The summed E-state index contributed by atoms with van der Waals surface area (Å²) in [5.41, 5.74) is 0. The van der Waals surface area contributed by atoms with Crippen LogP contribution in [0.25, 0.3) is 0 Å². The molecule has 0 aliphatic carbocycles. The third-order valence-corrected chi connectivity index (χ3v) is 0. The smallest absolute Gasteiger partial charge is 0 e. The second-order valence-electron chi connectivity index (χ2n) is 0. The van der Waals surface area contributed by atoms with E-state index in [4.69, 9.17) is 3.80 Å². The average Bonchev–Trinajstić information content (AvgIpc) is 1.00. The number of hydrogen-bond donors (Lipinski definition) is 0. The van der Waals surface area contributed by atoms with Crippen molar-refractivity contribution < 1.29 is 55.9 Å². The molecule has 0 atom stereocenters. The minimum atomic E-state index is 0. The van der Waals surface area contributed by atoms with E-state index in [0.717, 1.165) is 0 Å². The van der Waals surface area contributed by atoms with Crippen molar-refractivity contribution in [3.8, 4) is 0 Å². The van der Waals surface area contributed by atoms with Crippen molar-refractivity contribution in [2.45, 2.75) is 0 Å². The molecule has 0 aromatic rings. The first kappa shape index (κ1) is 16.5. The largest absolute Gasteiger partial charge is 0 e. The van der Waals surface area contributed by atoms with E-state index in [0.29, 0.717) is 16.2 Å². The average molecular weight is 314 g/mol. The molecule has 0 saturated heterocycles. The summed E-state index contributed by atoms with van der Waals surface area (Å²) < 4.78 is 8.28. The zero-order chi connectivity index (χ0) is 2.00. The quantitative estimate of drug-likeness (QED) is 0.537. The van der Waals surface area contributed by atoms with Gasteiger partial charge in [0, 0.05) is 52.0 Å². The van der Waals surface area contributed by atoms with Crippen LogP contribution < -0.4 is 0 Å². The second kappa shape index (κ2) is 19.5. The normalized spacial score (nSPS) is 0.750. The maximum absolute atomic E-state index is 8.28. The Morgan fingerprint density at radius 3 is 1.25 bits per heavy atom. The summed E-state index contributed by atoms with van der Waals surface area (Å²) in [5.74, 6) is 0. The molecule has 0 rings (SSSR count). The maximum atomic E-state index is 8.28. The first-order valence-electron chi connectivity index (χ1n) is 0.289. The summed E-state index contributed by atoms with van der Waals surface area (Å²) in [4.78, 5) is 0. The topological polar surface area (TPSA) is 17.1 Å². The van der Waals surface area contributed by atoms with Crippen molar-refractivity contribution in [1.82, 2.24) is 0 Å². The van der Waals surface area contributed by atoms with Gasteiger partial charge in [-0.25, -0.2) is 0 Å². The van der Waals surface area contributed by atoms with Crippen LogP contribution in [0.4, 0.5) is 0 Å². The van der Waals surface area contributed by atoms with Crippen LogP contribution in [-0.2, 0) is 55.9 Å². The van der Waals surface area contributed by atoms with E-state index in [1.54, 1.807) is 0 Å². The Labute approximate surface area is 71.1 Å². The molecule has 0 aromatic heterocycles. The van der Waals surface area contributed by atoms with E-state index in [9.17, 15) is 0 Å². The third-order valence-electron chi connectivity index (χ3n) is 0. The molecule has 0 unspecified atom stereocenters. The van der Waals surface area contributed by atoms with Crippen LogP contribution in [0.1, 0.15) is 0 Å². The second-order valence-corrected chi connectivity index (χ2v) is 0. The predicted octanol–water partition coefficient (Wildman–Crippen LogP) is -0.772. The van der Waals surface area contributed by atoms with Crippen molar-refractivity contribution in [3.63, 3.8) is 0 Å². The Kier molecular flexibility index (Phi) is 80.7. The van der Waals surface area contributed by atoms with Gasteiger partial charge in [0.25, 0.3) is 0 Å². The molecule has 0 aromatic carbocycles. The molecule has 0 N–H and O–H groups in total. The van der Waals surface area contributed by atoms with Crippen molar-refractivity contribution in [1.29, 1.82) is 0 Å². The van der Waals surface area contributed by atoms with E-state index >= 15 is 0 Å². The molecular weight excluding hydrogens is 313 g/mol. The fourth-order valence-corrected chi connectivity index (χ4v) is 0. The van der Waals surface area contributed by atoms with Crippen molar-refractivity contribution in [3.05, 3.63) is 0 Å². The minimum absolute atomic E-state index is 0. The number of hydrogen-bond acceptors (Lipinski definition) is 1. The fourth-order valence-electron chi connectivity index (χ4n) is 0. The van der Waals surface area contributed by atoms with Crippen LogP contribution in [0.2, 0.25) is 0 Å². The standard InChI is InChI=1S/Al.Hf.O.Zr.H. The number of rotatable bonds is 0. The van der Waals surface area contributed by atoms with Crippen molar-refractivity contribution in [2.24, 2.45) is 0 Å². The van der Waals surface area contributed by atoms with Gasteiger partial charge in [0.05, 0.1) is 0 Å². The third kappa shape index (κ3) is 8.94. The molecule has 0 heterocycles. The summed E-state index contributed by atoms with van der Waals surface area (Å²) in [6, 6.07) is 0. The first-order valence-corrected chi connectivity index (χ1v) is 0.866. The molecule has 0 fully saturated rings. The van der Waals surface area contributed by atoms with Crippen LogP contribution in [0.15, 0.2) is 0 Å². The van der Waals surface area contributed by atoms with Gasteiger partial charge in [0.15, 0.2) is 0 Å². The summed E-state index contributed by atoms with van der Waals surface area (Å²) in [5, 5.41) is 0. The Morgan fingerprint density at radius 1 is 1.25 bits per heavy atom. The van der Waals surface area contributed by atoms with Gasteiger partial charge in [-0.15, -0.1) is 0 Å².